The zero-order valence-corrected chi connectivity index (χ0v) is 13.4. The van der Waals surface area contributed by atoms with Crippen LogP contribution in [0.15, 0.2) is 18.2 Å². The molecule has 0 saturated carbocycles. The molecule has 0 spiro atoms. The number of nitrogens with one attached hydrogen (secondary N) is 1. The molecule has 0 aliphatic carbocycles. The van der Waals surface area contributed by atoms with Crippen LogP contribution in [0.1, 0.15) is 29.3 Å². The Balaban J connectivity index is 2.24. The number of anilines is 1. The minimum absolute atomic E-state index is 0.0354. The van der Waals surface area contributed by atoms with Gasteiger partial charge in [0.25, 0.3) is 5.91 Å². The first-order valence-electron chi connectivity index (χ1n) is 7.23. The summed E-state index contributed by atoms with van der Waals surface area (Å²) in [5.41, 5.74) is 0.517. The topological polar surface area (TPSA) is 95.9 Å². The van der Waals surface area contributed by atoms with Crippen LogP contribution < -0.4 is 10.2 Å². The molecule has 124 valence electrons. The summed E-state index contributed by atoms with van der Waals surface area (Å²) in [7, 11) is 3.07. The Labute approximate surface area is 134 Å². The lowest BCUT2D eigenvalue weighted by molar-refractivity contribution is -0.145. The second-order valence-corrected chi connectivity index (χ2v) is 5.82. The van der Waals surface area contributed by atoms with Gasteiger partial charge in [0.2, 0.25) is 5.91 Å². The predicted octanol–water partition coefficient (Wildman–Crippen LogP) is 0.815. The molecule has 0 bridgehead atoms. The van der Waals surface area contributed by atoms with E-state index in [0.29, 0.717) is 18.4 Å². The zero-order chi connectivity index (χ0) is 17.2. The molecule has 2 rings (SSSR count). The van der Waals surface area contributed by atoms with Gasteiger partial charge in [0, 0.05) is 31.8 Å². The van der Waals surface area contributed by atoms with Crippen LogP contribution in [0.2, 0.25) is 0 Å². The second-order valence-electron chi connectivity index (χ2n) is 5.82. The van der Waals surface area contributed by atoms with Crippen LogP contribution in [0, 0.1) is 0 Å². The quantitative estimate of drug-likeness (QED) is 0.837. The minimum atomic E-state index is -1.51. The molecular formula is C16H20N2O5. The van der Waals surface area contributed by atoms with E-state index in [4.69, 9.17) is 4.74 Å². The SMILES string of the molecule is COCC(C)(NC(=O)c1ccc2c(c1)CCC(=O)N2C)C(=O)O. The number of aryl methyl sites for hydroxylation is 1. The number of aliphatic carboxylic acids is 1. The van der Waals surface area contributed by atoms with E-state index in [1.54, 1.807) is 30.1 Å². The summed E-state index contributed by atoms with van der Waals surface area (Å²) in [5.74, 6) is -1.63. The molecule has 0 radical (unpaired) electrons. The van der Waals surface area contributed by atoms with E-state index >= 15 is 0 Å². The van der Waals surface area contributed by atoms with E-state index in [-0.39, 0.29) is 12.5 Å². The monoisotopic (exact) mass is 320 g/mol. The number of carboxylic acid groups (broad SMARTS) is 1. The maximum Gasteiger partial charge on any atom is 0.331 e. The Morgan fingerprint density at radius 3 is 2.70 bits per heavy atom. The average Bonchev–Trinajstić information content (AvgIpc) is 2.50. The van der Waals surface area contributed by atoms with Crippen molar-refractivity contribution in [1.29, 1.82) is 0 Å². The fourth-order valence-electron chi connectivity index (χ4n) is 2.56. The number of amides is 2. The fraction of sp³-hybridized carbons (Fsp3) is 0.438. The van der Waals surface area contributed by atoms with Crippen LogP contribution in [-0.4, -0.2) is 49.2 Å². The molecule has 1 aliphatic rings. The molecule has 1 aromatic rings. The highest BCUT2D eigenvalue weighted by atomic mass is 16.5. The summed E-state index contributed by atoms with van der Waals surface area (Å²) in [6, 6.07) is 4.98. The third-order valence-electron chi connectivity index (χ3n) is 3.98. The number of fused-ring (bicyclic) bond motifs is 1. The van der Waals surface area contributed by atoms with Gasteiger partial charge in [0.15, 0.2) is 5.54 Å². The molecule has 0 saturated heterocycles. The normalized spacial score (nSPS) is 16.5. The van der Waals surface area contributed by atoms with Crippen molar-refractivity contribution in [1.82, 2.24) is 5.32 Å². The van der Waals surface area contributed by atoms with E-state index in [1.807, 2.05) is 0 Å². The van der Waals surface area contributed by atoms with Crippen LogP contribution in [-0.2, 0) is 20.7 Å². The van der Waals surface area contributed by atoms with E-state index in [0.717, 1.165) is 11.3 Å². The number of nitrogens with zero attached hydrogens (tertiary/aromatic N) is 1. The zero-order valence-electron chi connectivity index (χ0n) is 13.4. The van der Waals surface area contributed by atoms with Crippen LogP contribution in [0.5, 0.6) is 0 Å². The molecule has 1 atom stereocenters. The largest absolute Gasteiger partial charge is 0.479 e. The van der Waals surface area contributed by atoms with Crippen LogP contribution >= 0.6 is 0 Å². The van der Waals surface area contributed by atoms with Gasteiger partial charge in [0.1, 0.15) is 0 Å². The van der Waals surface area contributed by atoms with Gasteiger partial charge in [-0.2, -0.15) is 0 Å². The second kappa shape index (κ2) is 6.37. The van der Waals surface area contributed by atoms with Crippen LogP contribution in [0.4, 0.5) is 5.69 Å². The van der Waals surface area contributed by atoms with Gasteiger partial charge in [0.05, 0.1) is 6.61 Å². The molecule has 1 unspecified atom stereocenters. The molecule has 0 aromatic heterocycles. The summed E-state index contributed by atoms with van der Waals surface area (Å²) in [4.78, 5) is 37.0. The van der Waals surface area contributed by atoms with Crippen molar-refractivity contribution < 1.29 is 24.2 Å². The smallest absolute Gasteiger partial charge is 0.331 e. The van der Waals surface area contributed by atoms with Crippen molar-refractivity contribution in [2.45, 2.75) is 25.3 Å². The standard InChI is InChI=1S/C16H20N2O5/c1-16(9-23-3,15(21)22)17-14(20)11-4-6-12-10(8-11)5-7-13(19)18(12)2/h4,6,8H,5,7,9H2,1-3H3,(H,17,20)(H,21,22). The number of rotatable bonds is 5. The summed E-state index contributed by atoms with van der Waals surface area (Å²) >= 11 is 0. The first-order chi connectivity index (χ1) is 10.8. The number of hydrogen-bond acceptors (Lipinski definition) is 4. The van der Waals surface area contributed by atoms with Gasteiger partial charge in [-0.15, -0.1) is 0 Å². The highest BCUT2D eigenvalue weighted by molar-refractivity contribution is 6.00. The maximum absolute atomic E-state index is 12.4. The molecule has 2 amide bonds. The number of methoxy groups -OCH3 is 1. The van der Waals surface area contributed by atoms with E-state index in [9.17, 15) is 19.5 Å². The van der Waals surface area contributed by atoms with Crippen molar-refractivity contribution in [3.05, 3.63) is 29.3 Å². The highest BCUT2D eigenvalue weighted by Gasteiger charge is 2.35. The number of hydrogen-bond donors (Lipinski definition) is 2. The van der Waals surface area contributed by atoms with Crippen LogP contribution in [0.3, 0.4) is 0 Å². The molecule has 7 nitrogen and oxygen atoms in total. The summed E-state index contributed by atoms with van der Waals surface area (Å²) in [5, 5.41) is 11.8. The van der Waals surface area contributed by atoms with Crippen molar-refractivity contribution in [2.75, 3.05) is 25.7 Å². The molecule has 1 heterocycles. The molecular weight excluding hydrogens is 300 g/mol. The molecule has 2 N–H and O–H groups in total. The Morgan fingerprint density at radius 1 is 1.39 bits per heavy atom. The molecule has 23 heavy (non-hydrogen) atoms. The van der Waals surface area contributed by atoms with Gasteiger partial charge >= 0.3 is 5.97 Å². The third-order valence-corrected chi connectivity index (χ3v) is 3.98. The van der Waals surface area contributed by atoms with Gasteiger partial charge in [-0.05, 0) is 37.1 Å². The van der Waals surface area contributed by atoms with Crippen molar-refractivity contribution in [2.24, 2.45) is 0 Å². The van der Waals surface area contributed by atoms with Crippen molar-refractivity contribution in [3.63, 3.8) is 0 Å². The molecule has 7 heteroatoms. The van der Waals surface area contributed by atoms with Crippen molar-refractivity contribution >= 4 is 23.5 Å². The van der Waals surface area contributed by atoms with E-state index in [2.05, 4.69) is 5.32 Å². The van der Waals surface area contributed by atoms with E-state index < -0.39 is 17.4 Å². The Morgan fingerprint density at radius 2 is 2.09 bits per heavy atom. The Bertz CT molecular complexity index is 658. The maximum atomic E-state index is 12.4. The molecule has 1 aromatic carbocycles. The van der Waals surface area contributed by atoms with Gasteiger partial charge < -0.3 is 20.1 Å². The lowest BCUT2D eigenvalue weighted by Crippen LogP contribution is -2.55. The third kappa shape index (κ3) is 3.34. The summed E-state index contributed by atoms with van der Waals surface area (Å²) < 4.78 is 4.88. The number of ether oxygens (including phenoxy) is 1. The number of carbonyl (C=O) groups excluding carboxylic acids is 2. The van der Waals surface area contributed by atoms with Gasteiger partial charge in [-0.1, -0.05) is 0 Å². The lowest BCUT2D eigenvalue weighted by atomic mass is 9.98. The number of carboxylic acids is 1. The highest BCUT2D eigenvalue weighted by Crippen LogP contribution is 2.27. The number of carbonyl (C=O) groups is 3. The van der Waals surface area contributed by atoms with Crippen LogP contribution in [0.25, 0.3) is 0 Å². The summed E-state index contributed by atoms with van der Waals surface area (Å²) in [6.45, 7) is 1.25. The predicted molar refractivity (Wildman–Crippen MR) is 83.6 cm³/mol. The van der Waals surface area contributed by atoms with Gasteiger partial charge in [-0.25, -0.2) is 4.79 Å². The molecule has 0 fully saturated rings. The minimum Gasteiger partial charge on any atom is -0.479 e. The van der Waals surface area contributed by atoms with Gasteiger partial charge in [-0.3, -0.25) is 9.59 Å². The first kappa shape index (κ1) is 17.0. The Kier molecular flexibility index (Phi) is 4.70. The first-order valence-corrected chi connectivity index (χ1v) is 7.23. The fourth-order valence-corrected chi connectivity index (χ4v) is 2.56. The Hall–Kier alpha value is -2.41. The lowest BCUT2D eigenvalue weighted by Gasteiger charge is -2.27. The summed E-state index contributed by atoms with van der Waals surface area (Å²) in [6.07, 6.45) is 0.957. The average molecular weight is 320 g/mol. The number of benzene rings is 1. The van der Waals surface area contributed by atoms with E-state index in [1.165, 1.54) is 14.0 Å². The van der Waals surface area contributed by atoms with Crippen molar-refractivity contribution in [3.8, 4) is 0 Å². The molecule has 1 aliphatic heterocycles.